The Morgan fingerprint density at radius 2 is 2.20 bits per heavy atom. The summed E-state index contributed by atoms with van der Waals surface area (Å²) in [5, 5.41) is 8.47. The van der Waals surface area contributed by atoms with Gasteiger partial charge >= 0.3 is 5.97 Å². The zero-order valence-corrected chi connectivity index (χ0v) is 5.62. The normalized spacial score (nSPS) is 26.4. The van der Waals surface area contributed by atoms with E-state index < -0.39 is 12.0 Å². The van der Waals surface area contributed by atoms with Gasteiger partial charge in [-0.15, -0.1) is 0 Å². The third-order valence-corrected chi connectivity index (χ3v) is 1.74. The van der Waals surface area contributed by atoms with E-state index in [1.165, 1.54) is 0 Å². The van der Waals surface area contributed by atoms with E-state index in [1.807, 2.05) is 0 Å². The Labute approximate surface area is 58.4 Å². The van der Waals surface area contributed by atoms with E-state index in [9.17, 15) is 9.70 Å². The molecule has 56 valence electrons. The third-order valence-electron chi connectivity index (χ3n) is 1.74. The molecule has 1 unspecified atom stereocenters. The van der Waals surface area contributed by atoms with Crippen LogP contribution < -0.4 is 0 Å². The summed E-state index contributed by atoms with van der Waals surface area (Å²) in [7, 11) is 0. The van der Waals surface area contributed by atoms with Crippen molar-refractivity contribution in [3.63, 3.8) is 0 Å². The molecule has 0 spiro atoms. The topological polar surface area (TPSA) is 57.4 Å². The summed E-state index contributed by atoms with van der Waals surface area (Å²) in [5.74, 6) is -0.991. The molecule has 1 saturated heterocycles. The lowest BCUT2D eigenvalue weighted by Gasteiger charge is -2.08. The summed E-state index contributed by atoms with van der Waals surface area (Å²) in [5.41, 5.74) is 0. The first-order valence-corrected chi connectivity index (χ1v) is 3.38. The largest absolute Gasteiger partial charge is 0.476 e. The minimum Gasteiger partial charge on any atom is -0.476 e. The molecule has 1 atom stereocenters. The van der Waals surface area contributed by atoms with Crippen molar-refractivity contribution in [1.82, 2.24) is 0 Å². The van der Waals surface area contributed by atoms with E-state index >= 15 is 0 Å². The summed E-state index contributed by atoms with van der Waals surface area (Å²) in [6.45, 7) is 0.372. The fourth-order valence-corrected chi connectivity index (χ4v) is 1.15. The summed E-state index contributed by atoms with van der Waals surface area (Å²) in [4.78, 5) is 21.1. The van der Waals surface area contributed by atoms with Crippen molar-refractivity contribution in [1.29, 1.82) is 0 Å². The summed E-state index contributed by atoms with van der Waals surface area (Å²) >= 11 is 0. The fourth-order valence-electron chi connectivity index (χ4n) is 1.15. The Bertz CT molecular complexity index is 166. The second kappa shape index (κ2) is 2.77. The van der Waals surface area contributed by atoms with E-state index in [2.05, 4.69) is 0 Å². The van der Waals surface area contributed by atoms with Gasteiger partial charge in [-0.3, -0.25) is 0 Å². The van der Waals surface area contributed by atoms with Crippen LogP contribution in [0, 0.1) is 4.91 Å². The van der Waals surface area contributed by atoms with Crippen molar-refractivity contribution in [3.05, 3.63) is 4.91 Å². The molecule has 0 radical (unpaired) electrons. The lowest BCUT2D eigenvalue weighted by atomic mass is 10.1. The Hall–Kier alpha value is -0.930. The second-order valence-corrected chi connectivity index (χ2v) is 2.49. The average molecular weight is 144 g/mol. The molecule has 0 aliphatic carbocycles. The molecule has 4 heteroatoms. The van der Waals surface area contributed by atoms with Crippen molar-refractivity contribution in [3.8, 4) is 0 Å². The Morgan fingerprint density at radius 1 is 1.50 bits per heavy atom. The Morgan fingerprint density at radius 3 is 2.60 bits per heavy atom. The molecule has 1 heterocycles. The first-order chi connectivity index (χ1) is 4.72. The zero-order valence-electron chi connectivity index (χ0n) is 5.62. The van der Waals surface area contributed by atoms with E-state index in [0.29, 0.717) is 17.7 Å². The molecule has 0 saturated carbocycles. The molecule has 0 amide bonds. The fraction of sp³-hybridized carbons (Fsp3) is 0.833. The minimum absolute atomic E-state index is 0.372. The summed E-state index contributed by atoms with van der Waals surface area (Å²) < 4.78 is 0.659. The van der Waals surface area contributed by atoms with Crippen LogP contribution in [0.25, 0.3) is 0 Å². The predicted molar refractivity (Wildman–Crippen MR) is 33.8 cm³/mol. The van der Waals surface area contributed by atoms with Crippen molar-refractivity contribution < 1.29 is 14.7 Å². The van der Waals surface area contributed by atoms with Crippen molar-refractivity contribution in [2.45, 2.75) is 25.3 Å². The molecule has 10 heavy (non-hydrogen) atoms. The van der Waals surface area contributed by atoms with Crippen LogP contribution in [0.4, 0.5) is 0 Å². The molecule has 1 aliphatic heterocycles. The molecule has 1 aliphatic rings. The number of nitroso groups, excluding NO2 is 1. The number of carboxylic acid groups (broad SMARTS) is 1. The minimum atomic E-state index is -0.991. The highest BCUT2D eigenvalue weighted by Crippen LogP contribution is 2.11. The number of aliphatic carboxylic acids is 1. The van der Waals surface area contributed by atoms with Crippen LogP contribution in [0.5, 0.6) is 0 Å². The SMILES string of the molecule is O=C(O)C1CCCC[N+]1=O. The van der Waals surface area contributed by atoms with Gasteiger partial charge in [0, 0.05) is 22.5 Å². The monoisotopic (exact) mass is 144 g/mol. The van der Waals surface area contributed by atoms with Crippen molar-refractivity contribution in [2.24, 2.45) is 0 Å². The van der Waals surface area contributed by atoms with Crippen LogP contribution in [0.1, 0.15) is 19.3 Å². The summed E-state index contributed by atoms with van der Waals surface area (Å²) in [6, 6.07) is -0.784. The number of carboxylic acids is 1. The highest BCUT2D eigenvalue weighted by Gasteiger charge is 2.35. The number of piperidine rings is 1. The maximum atomic E-state index is 10.8. The Kier molecular flexibility index (Phi) is 1.99. The average Bonchev–Trinajstić information content (AvgIpc) is 1.88. The highest BCUT2D eigenvalue weighted by molar-refractivity contribution is 5.71. The molecule has 1 N–H and O–H groups in total. The third kappa shape index (κ3) is 1.32. The number of rotatable bonds is 1. The van der Waals surface area contributed by atoms with Gasteiger partial charge in [0.1, 0.15) is 0 Å². The van der Waals surface area contributed by atoms with E-state index in [1.54, 1.807) is 0 Å². The van der Waals surface area contributed by atoms with Crippen LogP contribution in [0.15, 0.2) is 0 Å². The first-order valence-electron chi connectivity index (χ1n) is 3.38. The van der Waals surface area contributed by atoms with Gasteiger partial charge in [-0.25, -0.2) is 4.79 Å². The number of carbonyl (C=O) groups is 1. The molecule has 0 aromatic carbocycles. The zero-order chi connectivity index (χ0) is 7.56. The first kappa shape index (κ1) is 7.18. The number of hydrogen-bond donors (Lipinski definition) is 1. The van der Waals surface area contributed by atoms with Crippen LogP contribution in [-0.2, 0) is 4.79 Å². The van der Waals surface area contributed by atoms with Crippen molar-refractivity contribution >= 4 is 5.97 Å². The van der Waals surface area contributed by atoms with Gasteiger partial charge in [0.15, 0.2) is 6.54 Å². The molecule has 0 bridgehead atoms. The van der Waals surface area contributed by atoms with Gasteiger partial charge < -0.3 is 5.11 Å². The maximum absolute atomic E-state index is 10.8. The van der Waals surface area contributed by atoms with E-state index in [4.69, 9.17) is 5.11 Å². The second-order valence-electron chi connectivity index (χ2n) is 2.49. The van der Waals surface area contributed by atoms with E-state index in [0.717, 1.165) is 12.8 Å². The van der Waals surface area contributed by atoms with Crippen LogP contribution in [0.3, 0.4) is 0 Å². The predicted octanol–water partition coefficient (Wildman–Crippen LogP) is 0.402. The van der Waals surface area contributed by atoms with Gasteiger partial charge in [0.25, 0.3) is 6.04 Å². The van der Waals surface area contributed by atoms with Gasteiger partial charge in [-0.1, -0.05) is 0 Å². The lowest BCUT2D eigenvalue weighted by molar-refractivity contribution is -0.584. The van der Waals surface area contributed by atoms with Gasteiger partial charge in [-0.2, -0.15) is 0 Å². The van der Waals surface area contributed by atoms with Gasteiger partial charge in [0.05, 0.1) is 0 Å². The van der Waals surface area contributed by atoms with Crippen LogP contribution in [-0.4, -0.2) is 28.4 Å². The standard InChI is InChI=1S/C6H9NO3/c8-6(9)5-3-1-2-4-7(5)10/h5H,1-4H2/p+1. The molecular weight excluding hydrogens is 134 g/mol. The maximum Gasteiger partial charge on any atom is 0.377 e. The molecule has 0 aromatic heterocycles. The van der Waals surface area contributed by atoms with Gasteiger partial charge in [0.2, 0.25) is 0 Å². The smallest absolute Gasteiger partial charge is 0.377 e. The molecule has 4 nitrogen and oxygen atoms in total. The lowest BCUT2D eigenvalue weighted by Crippen LogP contribution is -2.36. The molecular formula is C6H10NO3+. The quantitative estimate of drug-likeness (QED) is 0.542. The summed E-state index contributed by atoms with van der Waals surface area (Å²) in [6.07, 6.45) is 2.18. The Balaban J connectivity index is 2.56. The van der Waals surface area contributed by atoms with E-state index in [-0.39, 0.29) is 0 Å². The highest BCUT2D eigenvalue weighted by atomic mass is 16.4. The molecule has 1 fully saturated rings. The van der Waals surface area contributed by atoms with Crippen LogP contribution in [0.2, 0.25) is 0 Å². The number of nitrogens with zero attached hydrogens (tertiary/aromatic N) is 1. The molecule has 1 rings (SSSR count). The van der Waals surface area contributed by atoms with Crippen molar-refractivity contribution in [2.75, 3.05) is 6.54 Å². The molecule has 0 aromatic rings. The number of hydrogen-bond acceptors (Lipinski definition) is 2. The van der Waals surface area contributed by atoms with Crippen LogP contribution >= 0.6 is 0 Å². The van der Waals surface area contributed by atoms with Gasteiger partial charge in [-0.05, 0) is 6.42 Å².